The van der Waals surface area contributed by atoms with Gasteiger partial charge >= 0.3 is 6.18 Å². The summed E-state index contributed by atoms with van der Waals surface area (Å²) in [6.07, 6.45) is -2.90. The van der Waals surface area contributed by atoms with Crippen LogP contribution in [0.15, 0.2) is 52.5 Å². The summed E-state index contributed by atoms with van der Waals surface area (Å²) in [7, 11) is 0. The van der Waals surface area contributed by atoms with Crippen molar-refractivity contribution in [3.8, 4) is 0 Å². The van der Waals surface area contributed by atoms with Crippen LogP contribution in [0.25, 0.3) is 0 Å². The van der Waals surface area contributed by atoms with E-state index in [1.54, 1.807) is 0 Å². The van der Waals surface area contributed by atoms with Crippen molar-refractivity contribution < 1.29 is 13.2 Å². The van der Waals surface area contributed by atoms with Crippen LogP contribution in [-0.4, -0.2) is 15.2 Å². The van der Waals surface area contributed by atoms with Crippen molar-refractivity contribution in [2.75, 3.05) is 5.32 Å². The zero-order valence-electron chi connectivity index (χ0n) is 13.5. The number of nitrogens with one attached hydrogen (secondary N) is 2. The third-order valence-electron chi connectivity index (χ3n) is 3.54. The molecule has 25 heavy (non-hydrogen) atoms. The minimum atomic E-state index is -4.32. The molecule has 3 rings (SSSR count). The lowest BCUT2D eigenvalue weighted by Gasteiger charge is -2.13. The van der Waals surface area contributed by atoms with E-state index in [0.29, 0.717) is 5.95 Å². The minimum Gasteiger partial charge on any atom is -0.325 e. The van der Waals surface area contributed by atoms with Gasteiger partial charge in [-0.05, 0) is 61.4 Å². The Balaban J connectivity index is 1.80. The fourth-order valence-electron chi connectivity index (χ4n) is 2.42. The van der Waals surface area contributed by atoms with Crippen LogP contribution in [0.4, 0.5) is 24.8 Å². The van der Waals surface area contributed by atoms with Crippen LogP contribution >= 0.6 is 11.8 Å². The van der Waals surface area contributed by atoms with Gasteiger partial charge in [-0.3, -0.25) is 0 Å². The molecule has 0 aliphatic heterocycles. The van der Waals surface area contributed by atoms with Crippen LogP contribution < -0.4 is 5.32 Å². The van der Waals surface area contributed by atoms with Crippen LogP contribution in [0.2, 0.25) is 0 Å². The number of rotatable bonds is 4. The molecule has 2 aromatic carbocycles. The van der Waals surface area contributed by atoms with Crippen molar-refractivity contribution in [1.29, 1.82) is 0 Å². The van der Waals surface area contributed by atoms with Crippen molar-refractivity contribution in [1.82, 2.24) is 15.2 Å². The second kappa shape index (κ2) is 6.79. The SMILES string of the molecule is Cc1cc(Nc2ncn[nH]2)cc(C)c1Sc1ccc(C(F)(F)F)cc1. The van der Waals surface area contributed by atoms with Gasteiger partial charge in [-0.2, -0.15) is 23.3 Å². The molecule has 0 unspecified atom stereocenters. The van der Waals surface area contributed by atoms with Crippen molar-refractivity contribution in [2.24, 2.45) is 0 Å². The summed E-state index contributed by atoms with van der Waals surface area (Å²) in [6.45, 7) is 3.93. The van der Waals surface area contributed by atoms with E-state index in [2.05, 4.69) is 20.5 Å². The first-order valence-electron chi connectivity index (χ1n) is 7.41. The number of nitrogens with zero attached hydrogens (tertiary/aromatic N) is 2. The molecule has 8 heteroatoms. The predicted molar refractivity (Wildman–Crippen MR) is 91.1 cm³/mol. The Labute approximate surface area is 146 Å². The molecule has 0 radical (unpaired) electrons. The Kier molecular flexibility index (Phi) is 4.71. The number of hydrogen-bond donors (Lipinski definition) is 2. The number of H-pyrrole nitrogens is 1. The average molecular weight is 364 g/mol. The molecule has 0 saturated carbocycles. The van der Waals surface area contributed by atoms with E-state index in [-0.39, 0.29) is 0 Å². The molecule has 0 saturated heterocycles. The van der Waals surface area contributed by atoms with Crippen LogP contribution in [0.3, 0.4) is 0 Å². The van der Waals surface area contributed by atoms with Crippen molar-refractivity contribution >= 4 is 23.4 Å². The summed E-state index contributed by atoms with van der Waals surface area (Å²) in [5, 5.41) is 9.62. The Bertz CT molecular complexity index is 836. The number of anilines is 2. The van der Waals surface area contributed by atoms with E-state index >= 15 is 0 Å². The van der Waals surface area contributed by atoms with Crippen LogP contribution in [0, 0.1) is 13.8 Å². The lowest BCUT2D eigenvalue weighted by Crippen LogP contribution is -2.03. The Morgan fingerprint density at radius 2 is 1.68 bits per heavy atom. The van der Waals surface area contributed by atoms with Crippen molar-refractivity contribution in [2.45, 2.75) is 29.8 Å². The zero-order valence-corrected chi connectivity index (χ0v) is 14.3. The third kappa shape index (κ3) is 4.14. The monoisotopic (exact) mass is 364 g/mol. The van der Waals surface area contributed by atoms with E-state index in [1.807, 2.05) is 26.0 Å². The molecular weight excluding hydrogens is 349 g/mol. The van der Waals surface area contributed by atoms with Crippen molar-refractivity contribution in [3.63, 3.8) is 0 Å². The zero-order chi connectivity index (χ0) is 18.0. The van der Waals surface area contributed by atoms with Gasteiger partial charge in [0.05, 0.1) is 5.56 Å². The summed E-state index contributed by atoms with van der Waals surface area (Å²) >= 11 is 1.45. The van der Waals surface area contributed by atoms with E-state index < -0.39 is 11.7 Å². The second-order valence-corrected chi connectivity index (χ2v) is 6.61. The normalized spacial score (nSPS) is 11.6. The number of alkyl halides is 3. The van der Waals surface area contributed by atoms with Crippen molar-refractivity contribution in [3.05, 3.63) is 59.4 Å². The van der Waals surface area contributed by atoms with Gasteiger partial charge in [0.15, 0.2) is 0 Å². The fraction of sp³-hybridized carbons (Fsp3) is 0.176. The first-order valence-corrected chi connectivity index (χ1v) is 8.23. The molecule has 4 nitrogen and oxygen atoms in total. The summed E-state index contributed by atoms with van der Waals surface area (Å²) in [6, 6.07) is 9.11. The molecule has 1 heterocycles. The Morgan fingerprint density at radius 3 is 2.20 bits per heavy atom. The summed E-state index contributed by atoms with van der Waals surface area (Å²) in [5.41, 5.74) is 2.26. The number of hydrogen-bond acceptors (Lipinski definition) is 4. The first kappa shape index (κ1) is 17.3. The standard InChI is InChI=1S/C17H15F3N4S/c1-10-7-13(23-16-21-9-22-24-16)8-11(2)15(10)25-14-5-3-12(4-6-14)17(18,19)20/h3-9H,1-2H3,(H2,21,22,23,24). The highest BCUT2D eigenvalue weighted by Crippen LogP contribution is 2.37. The maximum Gasteiger partial charge on any atom is 0.416 e. The molecule has 0 amide bonds. The average Bonchev–Trinajstić information content (AvgIpc) is 3.03. The van der Waals surface area contributed by atoms with Gasteiger partial charge in [-0.15, -0.1) is 0 Å². The number of aryl methyl sites for hydroxylation is 2. The lowest BCUT2D eigenvalue weighted by molar-refractivity contribution is -0.137. The fourth-order valence-corrected chi connectivity index (χ4v) is 3.36. The number of aromatic nitrogens is 3. The molecule has 130 valence electrons. The Morgan fingerprint density at radius 1 is 1.04 bits per heavy atom. The summed E-state index contributed by atoms with van der Waals surface area (Å²) < 4.78 is 37.9. The molecule has 0 fully saturated rings. The second-order valence-electron chi connectivity index (χ2n) is 5.52. The number of aromatic amines is 1. The van der Waals surface area contributed by atoms with E-state index in [0.717, 1.165) is 38.7 Å². The van der Waals surface area contributed by atoms with Gasteiger partial charge in [0.25, 0.3) is 0 Å². The maximum atomic E-state index is 12.6. The molecule has 1 aromatic heterocycles. The van der Waals surface area contributed by atoms with Gasteiger partial charge < -0.3 is 5.32 Å². The van der Waals surface area contributed by atoms with Gasteiger partial charge in [0.1, 0.15) is 6.33 Å². The van der Waals surface area contributed by atoms with Gasteiger partial charge in [0, 0.05) is 15.5 Å². The van der Waals surface area contributed by atoms with Gasteiger partial charge in [0.2, 0.25) is 5.95 Å². The molecule has 0 atom stereocenters. The first-order chi connectivity index (χ1) is 11.8. The molecule has 0 bridgehead atoms. The molecule has 0 aliphatic rings. The highest BCUT2D eigenvalue weighted by Gasteiger charge is 2.29. The highest BCUT2D eigenvalue weighted by atomic mass is 32.2. The van der Waals surface area contributed by atoms with E-state index in [9.17, 15) is 13.2 Å². The molecular formula is C17H15F3N4S. The molecule has 2 N–H and O–H groups in total. The third-order valence-corrected chi connectivity index (χ3v) is 4.90. The summed E-state index contributed by atoms with van der Waals surface area (Å²) in [4.78, 5) is 5.79. The Hall–Kier alpha value is -2.48. The highest BCUT2D eigenvalue weighted by molar-refractivity contribution is 7.99. The van der Waals surface area contributed by atoms with Gasteiger partial charge in [-0.25, -0.2) is 5.10 Å². The predicted octanol–water partition coefficient (Wildman–Crippen LogP) is 5.34. The summed E-state index contributed by atoms with van der Waals surface area (Å²) in [5.74, 6) is 0.543. The van der Waals surface area contributed by atoms with Crippen LogP contribution in [-0.2, 0) is 6.18 Å². The topological polar surface area (TPSA) is 53.6 Å². The van der Waals surface area contributed by atoms with Crippen LogP contribution in [0.5, 0.6) is 0 Å². The quantitative estimate of drug-likeness (QED) is 0.656. The number of halogens is 3. The molecule has 0 spiro atoms. The lowest BCUT2D eigenvalue weighted by atomic mass is 10.1. The largest absolute Gasteiger partial charge is 0.416 e. The van der Waals surface area contributed by atoms with E-state index in [4.69, 9.17) is 0 Å². The minimum absolute atomic E-state index is 0.543. The van der Waals surface area contributed by atoms with E-state index in [1.165, 1.54) is 30.2 Å². The van der Waals surface area contributed by atoms with Gasteiger partial charge in [-0.1, -0.05) is 11.8 Å². The smallest absolute Gasteiger partial charge is 0.325 e. The number of benzene rings is 2. The molecule has 3 aromatic rings. The molecule has 0 aliphatic carbocycles. The van der Waals surface area contributed by atoms with Crippen LogP contribution in [0.1, 0.15) is 16.7 Å². The maximum absolute atomic E-state index is 12.6.